The largest absolute Gasteiger partial charge is 0.523 e. The number of halogens is 3. The van der Waals surface area contributed by atoms with Crippen LogP contribution >= 0.6 is 0 Å². The second-order valence-electron chi connectivity index (χ2n) is 2.69. The molecule has 4 nitrogen and oxygen atoms in total. The average molecular weight is 250 g/mol. The summed E-state index contributed by atoms with van der Waals surface area (Å²) in [4.78, 5) is 0. The van der Waals surface area contributed by atoms with Crippen molar-refractivity contribution >= 4 is 10.1 Å². The van der Waals surface area contributed by atoms with E-state index in [1.165, 1.54) is 0 Å². The zero-order chi connectivity index (χ0) is 11.9. The Balaban J connectivity index is 3.69. The molecule has 0 heterocycles. The van der Waals surface area contributed by atoms with Crippen LogP contribution in [0, 0.1) is 0 Å². The van der Waals surface area contributed by atoms with Crippen molar-refractivity contribution in [3.63, 3.8) is 0 Å². The molecule has 0 atom stereocenters. The molecule has 0 aromatic rings. The zero-order valence-electron chi connectivity index (χ0n) is 8.21. The minimum absolute atomic E-state index is 0.106. The predicted molar refractivity (Wildman–Crippen MR) is 46.7 cm³/mol. The minimum Gasteiger partial charge on any atom is -0.381 e. The van der Waals surface area contributed by atoms with Gasteiger partial charge in [0, 0.05) is 13.2 Å². The Bertz CT molecular complexity index is 260. The van der Waals surface area contributed by atoms with E-state index in [0.29, 0.717) is 6.61 Å². The van der Waals surface area contributed by atoms with E-state index in [2.05, 4.69) is 4.18 Å². The van der Waals surface area contributed by atoms with Gasteiger partial charge in [-0.05, 0) is 12.8 Å². The molecule has 92 valence electrons. The van der Waals surface area contributed by atoms with Crippen LogP contribution in [0.25, 0.3) is 0 Å². The molecule has 0 unspecified atom stereocenters. The van der Waals surface area contributed by atoms with Crippen LogP contribution in [0.3, 0.4) is 0 Å². The zero-order valence-corrected chi connectivity index (χ0v) is 9.03. The fourth-order valence-electron chi connectivity index (χ4n) is 0.643. The first-order valence-electron chi connectivity index (χ1n) is 4.34. The van der Waals surface area contributed by atoms with E-state index < -0.39 is 22.2 Å². The molecule has 0 N–H and O–H groups in total. The third kappa shape index (κ3) is 5.95. The summed E-state index contributed by atoms with van der Waals surface area (Å²) < 4.78 is 64.5. The van der Waals surface area contributed by atoms with Gasteiger partial charge in [0.05, 0.1) is 6.61 Å². The lowest BCUT2D eigenvalue weighted by molar-refractivity contribution is -0.0546. The number of rotatable bonds is 7. The van der Waals surface area contributed by atoms with Gasteiger partial charge in [-0.3, -0.25) is 4.18 Å². The highest BCUT2D eigenvalue weighted by atomic mass is 32.2. The molecule has 0 fully saturated rings. The second-order valence-corrected chi connectivity index (χ2v) is 4.29. The quantitative estimate of drug-likeness (QED) is 0.392. The van der Waals surface area contributed by atoms with Crippen molar-refractivity contribution in [1.82, 2.24) is 0 Å². The van der Waals surface area contributed by atoms with Gasteiger partial charge in [0.1, 0.15) is 0 Å². The summed E-state index contributed by atoms with van der Waals surface area (Å²) in [6, 6.07) is 0. The first-order chi connectivity index (χ1) is 6.81. The smallest absolute Gasteiger partial charge is 0.381 e. The molecule has 0 spiro atoms. The summed E-state index contributed by atoms with van der Waals surface area (Å²) in [6.45, 7) is 2.03. The molecule has 0 amide bonds. The molecule has 0 aromatic heterocycles. The van der Waals surface area contributed by atoms with Crippen molar-refractivity contribution in [1.29, 1.82) is 0 Å². The first kappa shape index (κ1) is 14.7. The number of hydrogen-bond donors (Lipinski definition) is 0. The van der Waals surface area contributed by atoms with Crippen molar-refractivity contribution in [3.8, 4) is 0 Å². The highest BCUT2D eigenvalue weighted by molar-refractivity contribution is 7.87. The van der Waals surface area contributed by atoms with Crippen LogP contribution in [0.2, 0.25) is 0 Å². The first-order valence-corrected chi connectivity index (χ1v) is 5.75. The Hall–Kier alpha value is -0.340. The summed E-state index contributed by atoms with van der Waals surface area (Å²) in [5.74, 6) is 0. The van der Waals surface area contributed by atoms with Gasteiger partial charge < -0.3 is 4.74 Å². The lowest BCUT2D eigenvalue weighted by Gasteiger charge is -2.08. The maximum absolute atomic E-state index is 11.7. The molecule has 0 radical (unpaired) electrons. The van der Waals surface area contributed by atoms with E-state index in [1.807, 2.05) is 6.92 Å². The van der Waals surface area contributed by atoms with Crippen molar-refractivity contribution in [2.75, 3.05) is 19.8 Å². The van der Waals surface area contributed by atoms with E-state index in [0.717, 1.165) is 6.42 Å². The van der Waals surface area contributed by atoms with Crippen LogP contribution in [0.4, 0.5) is 13.2 Å². The van der Waals surface area contributed by atoms with Gasteiger partial charge in [0.15, 0.2) is 0 Å². The van der Waals surface area contributed by atoms with Crippen LogP contribution in [-0.2, 0) is 19.0 Å². The average Bonchev–Trinajstić information content (AvgIpc) is 2.09. The van der Waals surface area contributed by atoms with Gasteiger partial charge in [-0.15, -0.1) is 0 Å². The molecule has 0 aliphatic rings. The molecule has 15 heavy (non-hydrogen) atoms. The second kappa shape index (κ2) is 6.29. The number of alkyl halides is 3. The van der Waals surface area contributed by atoms with Gasteiger partial charge in [0.2, 0.25) is 0 Å². The molecule has 0 bridgehead atoms. The topological polar surface area (TPSA) is 52.6 Å². The maximum Gasteiger partial charge on any atom is 0.523 e. The summed E-state index contributed by atoms with van der Waals surface area (Å²) in [6.07, 6.45) is 0.900. The third-order valence-corrected chi connectivity index (χ3v) is 2.35. The van der Waals surface area contributed by atoms with Crippen LogP contribution in [0.5, 0.6) is 0 Å². The molecule has 0 saturated carbocycles. The molecule has 0 rings (SSSR count). The molecular weight excluding hydrogens is 237 g/mol. The third-order valence-electron chi connectivity index (χ3n) is 1.30. The summed E-state index contributed by atoms with van der Waals surface area (Å²) in [5.41, 5.74) is -5.35. The van der Waals surface area contributed by atoms with E-state index >= 15 is 0 Å². The number of ether oxygens (including phenoxy) is 1. The van der Waals surface area contributed by atoms with Crippen LogP contribution in [0.1, 0.15) is 19.8 Å². The Labute approximate surface area is 86.5 Å². The fraction of sp³-hybridized carbons (Fsp3) is 1.00. The van der Waals surface area contributed by atoms with Gasteiger partial charge >= 0.3 is 15.6 Å². The highest BCUT2D eigenvalue weighted by Crippen LogP contribution is 2.24. The Morgan fingerprint density at radius 2 is 1.73 bits per heavy atom. The van der Waals surface area contributed by atoms with Crippen LogP contribution in [0.15, 0.2) is 0 Å². The molecule has 8 heteroatoms. The van der Waals surface area contributed by atoms with Gasteiger partial charge in [-0.2, -0.15) is 21.6 Å². The van der Waals surface area contributed by atoms with Gasteiger partial charge in [-0.1, -0.05) is 6.92 Å². The Morgan fingerprint density at radius 3 is 2.20 bits per heavy atom. The summed E-state index contributed by atoms with van der Waals surface area (Å²) in [7, 11) is -5.45. The SMILES string of the molecule is CCCOCCCOS(=O)(=O)C(F)(F)F. The predicted octanol–water partition coefficient (Wildman–Crippen LogP) is 1.67. The van der Waals surface area contributed by atoms with E-state index in [-0.39, 0.29) is 13.0 Å². The van der Waals surface area contributed by atoms with Crippen molar-refractivity contribution in [3.05, 3.63) is 0 Å². The van der Waals surface area contributed by atoms with E-state index in [4.69, 9.17) is 4.74 Å². The number of hydrogen-bond acceptors (Lipinski definition) is 4. The normalized spacial score (nSPS) is 13.1. The monoisotopic (exact) mass is 250 g/mol. The van der Waals surface area contributed by atoms with E-state index in [9.17, 15) is 21.6 Å². The standard InChI is InChI=1S/C7H13F3O4S/c1-2-4-13-5-3-6-14-15(11,12)7(8,9)10/h2-6H2,1H3. The Kier molecular flexibility index (Phi) is 6.15. The molecule has 0 saturated heterocycles. The van der Waals surface area contributed by atoms with Gasteiger partial charge in [0.25, 0.3) is 0 Å². The summed E-state index contributed by atoms with van der Waals surface area (Å²) >= 11 is 0. The lowest BCUT2D eigenvalue weighted by Crippen LogP contribution is -2.26. The molecule has 0 aliphatic heterocycles. The molecule has 0 aliphatic carbocycles. The van der Waals surface area contributed by atoms with Crippen molar-refractivity contribution < 1.29 is 30.5 Å². The van der Waals surface area contributed by atoms with Crippen LogP contribution in [-0.4, -0.2) is 33.7 Å². The summed E-state index contributed by atoms with van der Waals surface area (Å²) in [5, 5.41) is 0. The van der Waals surface area contributed by atoms with Crippen molar-refractivity contribution in [2.45, 2.75) is 25.3 Å². The highest BCUT2D eigenvalue weighted by Gasteiger charge is 2.47. The van der Waals surface area contributed by atoms with Crippen LogP contribution < -0.4 is 0 Å². The lowest BCUT2D eigenvalue weighted by atomic mass is 10.5. The fourth-order valence-corrected chi connectivity index (χ4v) is 1.11. The van der Waals surface area contributed by atoms with E-state index in [1.54, 1.807) is 0 Å². The van der Waals surface area contributed by atoms with Gasteiger partial charge in [-0.25, -0.2) is 0 Å². The molecule has 0 aromatic carbocycles. The minimum atomic E-state index is -5.45. The van der Waals surface area contributed by atoms with Crippen molar-refractivity contribution in [2.24, 2.45) is 0 Å². The Morgan fingerprint density at radius 1 is 1.13 bits per heavy atom. The molecular formula is C7H13F3O4S. The maximum atomic E-state index is 11.7.